The first kappa shape index (κ1) is 29.8. The molecule has 2 aromatic rings. The molecule has 0 spiro atoms. The van der Waals surface area contributed by atoms with Crippen molar-refractivity contribution in [3.05, 3.63) is 62.3 Å². The number of rotatable bonds is 10. The number of halogens is 5. The maximum atomic E-state index is 13.4. The molecule has 0 fully saturated rings. The van der Waals surface area contributed by atoms with Crippen molar-refractivity contribution in [2.24, 2.45) is 0 Å². The van der Waals surface area contributed by atoms with Gasteiger partial charge in [-0.15, -0.1) is 0 Å². The van der Waals surface area contributed by atoms with E-state index in [-0.39, 0.29) is 13.2 Å². The van der Waals surface area contributed by atoms with Crippen molar-refractivity contribution >= 4 is 95.5 Å². The third-order valence-electron chi connectivity index (χ3n) is 3.93. The number of nitro groups is 1. The van der Waals surface area contributed by atoms with E-state index in [2.05, 4.69) is 72.5 Å². The number of nitrogens with zero attached hydrogens (tertiary/aromatic N) is 1. The first-order chi connectivity index (χ1) is 16.1. The summed E-state index contributed by atoms with van der Waals surface area (Å²) in [7, 11) is -5.90. The molecule has 17 heteroatoms. The molecule has 0 unspecified atom stereocenters. The number of benzene rings is 2. The molecule has 0 saturated heterocycles. The van der Waals surface area contributed by atoms with Gasteiger partial charge in [0.1, 0.15) is 19.0 Å². The van der Waals surface area contributed by atoms with Crippen LogP contribution in [0.5, 0.6) is 5.75 Å². The van der Waals surface area contributed by atoms with E-state index in [1.807, 2.05) is 12.1 Å². The number of non-ortho nitro benzene ring substituents is 1. The lowest BCUT2D eigenvalue weighted by molar-refractivity contribution is -0.384. The second kappa shape index (κ2) is 12.2. The molecule has 0 radical (unpaired) electrons. The summed E-state index contributed by atoms with van der Waals surface area (Å²) >= 11 is 6.28. The Kier molecular flexibility index (Phi) is 10.4. The number of esters is 2. The van der Waals surface area contributed by atoms with Crippen LogP contribution in [-0.2, 0) is 19.6 Å². The van der Waals surface area contributed by atoms with Gasteiger partial charge in [0.25, 0.3) is 5.69 Å². The number of ether oxygens (including phenoxy) is 3. The summed E-state index contributed by atoms with van der Waals surface area (Å²) in [5, 5.41) is 6.17. The summed E-state index contributed by atoms with van der Waals surface area (Å²) in [6.07, 6.45) is 0. The molecule has 0 amide bonds. The van der Waals surface area contributed by atoms with E-state index in [4.69, 9.17) is 14.0 Å². The molecule has 2 rings (SSSR count). The van der Waals surface area contributed by atoms with Crippen LogP contribution in [0.4, 0.5) is 14.5 Å². The van der Waals surface area contributed by atoms with E-state index in [0.29, 0.717) is 11.8 Å². The van der Waals surface area contributed by atoms with E-state index in [0.717, 1.165) is 22.8 Å². The highest BCUT2D eigenvalue weighted by atomic mass is 127. The van der Waals surface area contributed by atoms with Crippen LogP contribution in [0.1, 0.15) is 20.7 Å². The number of carbonyl (C=O) groups excluding carboxylic acids is 2. The predicted molar refractivity (Wildman–Crippen MR) is 140 cm³/mol. The van der Waals surface area contributed by atoms with Crippen molar-refractivity contribution in [3.63, 3.8) is 0 Å². The van der Waals surface area contributed by atoms with Gasteiger partial charge >= 0.3 is 27.3 Å². The number of nitro benzene ring substituents is 1. The van der Waals surface area contributed by atoms with Crippen molar-refractivity contribution in [2.75, 3.05) is 19.8 Å². The summed E-state index contributed by atoms with van der Waals surface area (Å²) in [6.45, 7) is -2.49. The van der Waals surface area contributed by atoms with Gasteiger partial charge in [-0.1, -0.05) is 0 Å². The van der Waals surface area contributed by atoms with Gasteiger partial charge in [0.2, 0.25) is 0 Å². The van der Waals surface area contributed by atoms with Gasteiger partial charge in [0, 0.05) is 15.7 Å². The zero-order valence-corrected chi connectivity index (χ0v) is 24.2. The van der Waals surface area contributed by atoms with Gasteiger partial charge in [-0.3, -0.25) is 14.7 Å². The monoisotopic (exact) mass is 853 g/mol. The maximum Gasteiger partial charge on any atom is 0.402 e. The van der Waals surface area contributed by atoms with Crippen molar-refractivity contribution in [2.45, 2.75) is 5.25 Å². The van der Waals surface area contributed by atoms with Crippen molar-refractivity contribution in [1.82, 2.24) is 0 Å². The lowest BCUT2D eigenvalue weighted by atomic mass is 10.1. The summed E-state index contributed by atoms with van der Waals surface area (Å²) in [5.74, 6) is -2.27. The van der Waals surface area contributed by atoms with E-state index in [1.54, 1.807) is 0 Å². The average molecular weight is 853 g/mol. The summed E-state index contributed by atoms with van der Waals surface area (Å²) in [6, 6.07) is 6.03. The minimum Gasteiger partial charge on any atom is -0.488 e. The zero-order chi connectivity index (χ0) is 26.6. The van der Waals surface area contributed by atoms with Crippen LogP contribution in [0, 0.1) is 20.8 Å². The topological polar surface area (TPSA) is 159 Å². The normalized spacial score (nSPS) is 11.6. The Morgan fingerprint density at radius 3 is 2.11 bits per heavy atom. The van der Waals surface area contributed by atoms with Gasteiger partial charge in [-0.2, -0.15) is 17.2 Å². The highest BCUT2D eigenvalue weighted by molar-refractivity contribution is 14.1. The molecule has 35 heavy (non-hydrogen) atoms. The summed E-state index contributed by atoms with van der Waals surface area (Å²) in [5.41, 5.74) is -2.06. The molecule has 2 aromatic carbocycles. The van der Waals surface area contributed by atoms with Crippen LogP contribution in [0.25, 0.3) is 0 Å². The molecular weight excluding hydrogens is 841 g/mol. The highest BCUT2D eigenvalue weighted by Gasteiger charge is 2.46. The smallest absolute Gasteiger partial charge is 0.402 e. The van der Waals surface area contributed by atoms with Gasteiger partial charge in [0.05, 0.1) is 23.2 Å². The first-order valence-electron chi connectivity index (χ1n) is 8.89. The fraction of sp³-hybridized carbons (Fsp3) is 0.222. The van der Waals surface area contributed by atoms with Crippen molar-refractivity contribution in [1.29, 1.82) is 0 Å². The standard InChI is InChI=1S/C18H12F2I3NO10S/c19-18(20,35(29,30)31)8-34-17(26)12-7-10(24(27)28)1-2-11(12)16(25)33-4-3-32-15-13(22)5-9(21)6-14(15)23/h1-2,5-7H,3-4,8H2,(H,29,30,31). The lowest BCUT2D eigenvalue weighted by Gasteiger charge is -2.14. The lowest BCUT2D eigenvalue weighted by Crippen LogP contribution is -2.34. The molecule has 0 aliphatic heterocycles. The second-order valence-corrected chi connectivity index (χ2v) is 11.5. The quantitative estimate of drug-likeness (QED) is 0.0914. The van der Waals surface area contributed by atoms with E-state index >= 15 is 0 Å². The van der Waals surface area contributed by atoms with E-state index in [1.165, 1.54) is 0 Å². The Labute approximate surface area is 237 Å². The third kappa shape index (κ3) is 8.01. The molecule has 0 heterocycles. The van der Waals surface area contributed by atoms with Crippen LogP contribution < -0.4 is 4.74 Å². The Hall–Kier alpha value is -1.46. The summed E-state index contributed by atoms with van der Waals surface area (Å²) in [4.78, 5) is 34.8. The Morgan fingerprint density at radius 1 is 1.00 bits per heavy atom. The maximum absolute atomic E-state index is 13.4. The molecule has 11 nitrogen and oxygen atoms in total. The van der Waals surface area contributed by atoms with Crippen LogP contribution in [0.3, 0.4) is 0 Å². The molecule has 0 aliphatic carbocycles. The molecule has 1 N–H and O–H groups in total. The Bertz CT molecular complexity index is 1250. The van der Waals surface area contributed by atoms with Crippen LogP contribution in [-0.4, -0.2) is 54.9 Å². The van der Waals surface area contributed by atoms with E-state index in [9.17, 15) is 36.9 Å². The van der Waals surface area contributed by atoms with Crippen LogP contribution in [0.2, 0.25) is 0 Å². The van der Waals surface area contributed by atoms with Crippen LogP contribution >= 0.6 is 67.8 Å². The zero-order valence-electron chi connectivity index (χ0n) is 16.9. The third-order valence-corrected chi connectivity index (χ3v) is 7.03. The van der Waals surface area contributed by atoms with Gasteiger partial charge in [0.15, 0.2) is 6.61 Å². The minimum atomic E-state index is -5.90. The van der Waals surface area contributed by atoms with E-state index < -0.39 is 55.7 Å². The van der Waals surface area contributed by atoms with Gasteiger partial charge < -0.3 is 14.2 Å². The first-order valence-corrected chi connectivity index (χ1v) is 13.6. The minimum absolute atomic E-state index is 0.0916. The molecular formula is C18H12F2I3NO10S. The van der Waals surface area contributed by atoms with Gasteiger partial charge in [-0.25, -0.2) is 9.59 Å². The molecule has 190 valence electrons. The number of hydrogen-bond acceptors (Lipinski definition) is 9. The highest BCUT2D eigenvalue weighted by Crippen LogP contribution is 2.29. The number of hydrogen-bond donors (Lipinski definition) is 1. The predicted octanol–water partition coefficient (Wildman–Crippen LogP) is 4.28. The largest absolute Gasteiger partial charge is 0.488 e. The molecule has 0 aliphatic rings. The van der Waals surface area contributed by atoms with Crippen molar-refractivity contribution in [3.8, 4) is 5.75 Å². The molecule has 0 bridgehead atoms. The molecule has 0 atom stereocenters. The Balaban J connectivity index is 2.15. The molecule has 0 saturated carbocycles. The number of carbonyl (C=O) groups is 2. The van der Waals surface area contributed by atoms with Crippen LogP contribution in [0.15, 0.2) is 30.3 Å². The average Bonchev–Trinajstić information content (AvgIpc) is 2.74. The summed E-state index contributed by atoms with van der Waals surface area (Å²) < 4.78 is 74.0. The van der Waals surface area contributed by atoms with Gasteiger partial charge in [-0.05, 0) is 86.0 Å². The fourth-order valence-electron chi connectivity index (χ4n) is 2.32. The Morgan fingerprint density at radius 2 is 1.57 bits per heavy atom. The van der Waals surface area contributed by atoms with Crippen molar-refractivity contribution < 1.29 is 50.5 Å². The molecule has 0 aromatic heterocycles. The second-order valence-electron chi connectivity index (χ2n) is 6.36. The fourth-order valence-corrected chi connectivity index (χ4v) is 6.42. The SMILES string of the molecule is O=C(OCCOc1c(I)cc(I)cc1I)c1ccc([N+](=O)[O-])cc1C(=O)OCC(F)(F)S(=O)(=O)O. The number of alkyl halides is 2.